The molecule has 82 valence electrons. The van der Waals surface area contributed by atoms with Crippen LogP contribution in [0.5, 0.6) is 0 Å². The van der Waals surface area contributed by atoms with E-state index in [2.05, 4.69) is 0 Å². The van der Waals surface area contributed by atoms with Gasteiger partial charge in [-0.1, -0.05) is 65.1 Å². The molecule has 0 aliphatic carbocycles. The predicted molar refractivity (Wildman–Crippen MR) is 66.4 cm³/mol. The van der Waals surface area contributed by atoms with Gasteiger partial charge in [-0.05, 0) is 24.1 Å². The van der Waals surface area contributed by atoms with E-state index in [1.165, 1.54) is 6.08 Å². The number of rotatable bonds is 2. The molecule has 0 saturated heterocycles. The van der Waals surface area contributed by atoms with Crippen LogP contribution in [0.3, 0.4) is 0 Å². The minimum absolute atomic E-state index is 0.870. The minimum atomic E-state index is -1.68. The van der Waals surface area contributed by atoms with Crippen molar-refractivity contribution in [1.29, 1.82) is 0 Å². The Bertz CT molecular complexity index is 341. The van der Waals surface area contributed by atoms with Crippen molar-refractivity contribution in [3.63, 3.8) is 0 Å². The third-order valence-corrected chi connectivity index (χ3v) is 2.64. The molecule has 1 nitrogen and oxygen atoms in total. The van der Waals surface area contributed by atoms with E-state index in [0.717, 1.165) is 11.1 Å². The Balaban J connectivity index is 2.86. The van der Waals surface area contributed by atoms with Crippen LogP contribution in [-0.4, -0.2) is 15.0 Å². The van der Waals surface area contributed by atoms with Gasteiger partial charge >= 0.3 is 0 Å². The topological polar surface area (TPSA) is 20.2 Å². The van der Waals surface area contributed by atoms with Crippen LogP contribution < -0.4 is 0 Å². The number of allylic oxidation sites excluding steroid dienone is 1. The van der Waals surface area contributed by atoms with Crippen molar-refractivity contribution in [3.8, 4) is 0 Å². The average Bonchev–Trinajstić information content (AvgIpc) is 2.17. The van der Waals surface area contributed by atoms with Gasteiger partial charge in [0, 0.05) is 0 Å². The van der Waals surface area contributed by atoms with Crippen molar-refractivity contribution in [1.82, 2.24) is 0 Å². The lowest BCUT2D eigenvalue weighted by Gasteiger charge is -2.16. The standard InChI is InChI=1S/C11H11Cl3O/c1-8(7-10(15)11(12,13)14)9-5-3-2-4-6-9/h2-7,10,15H,1H3. The van der Waals surface area contributed by atoms with E-state index in [-0.39, 0.29) is 0 Å². The zero-order valence-corrected chi connectivity index (χ0v) is 10.4. The number of aliphatic hydroxyl groups is 1. The highest BCUT2D eigenvalue weighted by Crippen LogP contribution is 2.32. The molecule has 0 radical (unpaired) electrons. The Morgan fingerprint density at radius 1 is 1.27 bits per heavy atom. The lowest BCUT2D eigenvalue weighted by atomic mass is 10.1. The smallest absolute Gasteiger partial charge is 0.219 e. The minimum Gasteiger partial charge on any atom is -0.385 e. The van der Waals surface area contributed by atoms with Gasteiger partial charge in [0.2, 0.25) is 3.79 Å². The van der Waals surface area contributed by atoms with Crippen LogP contribution in [0, 0.1) is 0 Å². The maximum absolute atomic E-state index is 9.55. The third-order valence-electron chi connectivity index (χ3n) is 1.97. The predicted octanol–water partition coefficient (Wildman–Crippen LogP) is 3.82. The highest BCUT2D eigenvalue weighted by atomic mass is 35.6. The highest BCUT2D eigenvalue weighted by Gasteiger charge is 2.28. The number of halogens is 3. The molecule has 15 heavy (non-hydrogen) atoms. The molecule has 1 aromatic carbocycles. The van der Waals surface area contributed by atoms with E-state index in [1.807, 2.05) is 37.3 Å². The zero-order valence-electron chi connectivity index (χ0n) is 8.12. The summed E-state index contributed by atoms with van der Waals surface area (Å²) in [6.07, 6.45) is 0.421. The number of hydrogen-bond donors (Lipinski definition) is 1. The summed E-state index contributed by atoms with van der Waals surface area (Å²) in [5, 5.41) is 9.55. The fraction of sp³-hybridized carbons (Fsp3) is 0.273. The summed E-state index contributed by atoms with van der Waals surface area (Å²) in [7, 11) is 0. The molecule has 0 bridgehead atoms. The van der Waals surface area contributed by atoms with Crippen molar-refractivity contribution in [3.05, 3.63) is 42.0 Å². The van der Waals surface area contributed by atoms with Crippen LogP contribution in [0.4, 0.5) is 0 Å². The third kappa shape index (κ3) is 4.04. The van der Waals surface area contributed by atoms with Crippen LogP contribution in [0.25, 0.3) is 5.57 Å². The first kappa shape index (κ1) is 12.9. The zero-order chi connectivity index (χ0) is 11.5. The van der Waals surface area contributed by atoms with E-state index >= 15 is 0 Å². The van der Waals surface area contributed by atoms with Gasteiger partial charge in [0.25, 0.3) is 0 Å². The molecule has 0 spiro atoms. The molecule has 4 heteroatoms. The molecule has 0 saturated carbocycles. The first-order chi connectivity index (χ1) is 6.91. The molecule has 1 N–H and O–H groups in total. The van der Waals surface area contributed by atoms with Crippen molar-refractivity contribution in [2.45, 2.75) is 16.8 Å². The maximum atomic E-state index is 9.55. The van der Waals surface area contributed by atoms with E-state index in [1.54, 1.807) is 0 Å². The quantitative estimate of drug-likeness (QED) is 0.806. The Morgan fingerprint density at radius 3 is 2.27 bits per heavy atom. The molecule has 0 aliphatic rings. The lowest BCUT2D eigenvalue weighted by molar-refractivity contribution is 0.228. The number of hydrogen-bond acceptors (Lipinski definition) is 1. The summed E-state index contributed by atoms with van der Waals surface area (Å²) in [6, 6.07) is 9.60. The summed E-state index contributed by atoms with van der Waals surface area (Å²) in [5.74, 6) is 0. The van der Waals surface area contributed by atoms with Gasteiger partial charge in [-0.25, -0.2) is 0 Å². The van der Waals surface area contributed by atoms with Gasteiger partial charge in [0.1, 0.15) is 6.10 Å². The number of alkyl halides is 3. The summed E-state index contributed by atoms with van der Waals surface area (Å²) in [6.45, 7) is 1.86. The molecule has 1 atom stereocenters. The molecule has 1 unspecified atom stereocenters. The van der Waals surface area contributed by atoms with E-state index in [9.17, 15) is 5.11 Å². The summed E-state index contributed by atoms with van der Waals surface area (Å²) in [5.41, 5.74) is 1.86. The van der Waals surface area contributed by atoms with Crippen LogP contribution in [0.2, 0.25) is 0 Å². The van der Waals surface area contributed by atoms with Gasteiger partial charge in [0.15, 0.2) is 0 Å². The molecular weight excluding hydrogens is 254 g/mol. The first-order valence-electron chi connectivity index (χ1n) is 4.40. The van der Waals surface area contributed by atoms with Gasteiger partial charge < -0.3 is 5.11 Å². The highest BCUT2D eigenvalue weighted by molar-refractivity contribution is 6.68. The molecule has 0 aromatic heterocycles. The second-order valence-corrected chi connectivity index (χ2v) is 5.57. The summed E-state index contributed by atoms with van der Waals surface area (Å²) < 4.78 is -1.68. The molecular formula is C11H11Cl3O. The molecule has 0 heterocycles. The normalized spacial score (nSPS) is 15.1. The molecule has 1 rings (SSSR count). The van der Waals surface area contributed by atoms with Gasteiger partial charge in [-0.15, -0.1) is 0 Å². The average molecular weight is 266 g/mol. The summed E-state index contributed by atoms with van der Waals surface area (Å²) in [4.78, 5) is 0. The van der Waals surface area contributed by atoms with Gasteiger partial charge in [0.05, 0.1) is 0 Å². The van der Waals surface area contributed by atoms with Gasteiger partial charge in [-0.3, -0.25) is 0 Å². The van der Waals surface area contributed by atoms with Crippen molar-refractivity contribution < 1.29 is 5.11 Å². The number of aliphatic hydroxyl groups excluding tert-OH is 1. The molecule has 0 amide bonds. The SMILES string of the molecule is CC(=CC(O)C(Cl)(Cl)Cl)c1ccccc1. The fourth-order valence-corrected chi connectivity index (χ4v) is 1.32. The largest absolute Gasteiger partial charge is 0.385 e. The van der Waals surface area contributed by atoms with Crippen molar-refractivity contribution in [2.75, 3.05) is 0 Å². The fourth-order valence-electron chi connectivity index (χ4n) is 1.13. The summed E-state index contributed by atoms with van der Waals surface area (Å²) >= 11 is 16.7. The van der Waals surface area contributed by atoms with Crippen LogP contribution in [0.1, 0.15) is 12.5 Å². The Morgan fingerprint density at radius 2 is 1.80 bits per heavy atom. The lowest BCUT2D eigenvalue weighted by Crippen LogP contribution is -2.22. The monoisotopic (exact) mass is 264 g/mol. The van der Waals surface area contributed by atoms with E-state index < -0.39 is 9.90 Å². The maximum Gasteiger partial charge on any atom is 0.219 e. The molecule has 0 fully saturated rings. The Kier molecular flexibility index (Phi) is 4.47. The second kappa shape index (κ2) is 5.22. The molecule has 0 aliphatic heterocycles. The molecule has 1 aromatic rings. The Hall–Kier alpha value is -0.210. The second-order valence-electron chi connectivity index (χ2n) is 3.20. The van der Waals surface area contributed by atoms with Crippen molar-refractivity contribution in [2.24, 2.45) is 0 Å². The van der Waals surface area contributed by atoms with Crippen LogP contribution in [-0.2, 0) is 0 Å². The Labute approximate surface area is 104 Å². The van der Waals surface area contributed by atoms with E-state index in [4.69, 9.17) is 34.8 Å². The van der Waals surface area contributed by atoms with Crippen molar-refractivity contribution >= 4 is 40.4 Å². The number of benzene rings is 1. The van der Waals surface area contributed by atoms with Crippen LogP contribution in [0.15, 0.2) is 36.4 Å². The van der Waals surface area contributed by atoms with E-state index in [0.29, 0.717) is 0 Å². The van der Waals surface area contributed by atoms with Gasteiger partial charge in [-0.2, -0.15) is 0 Å². The first-order valence-corrected chi connectivity index (χ1v) is 5.53. The van der Waals surface area contributed by atoms with Crippen LogP contribution >= 0.6 is 34.8 Å².